The van der Waals surface area contributed by atoms with Gasteiger partial charge in [0.2, 0.25) is 0 Å². The fourth-order valence-electron chi connectivity index (χ4n) is 5.78. The van der Waals surface area contributed by atoms with Crippen LogP contribution < -0.4 is 4.74 Å². The van der Waals surface area contributed by atoms with E-state index in [0.29, 0.717) is 11.6 Å². The van der Waals surface area contributed by atoms with E-state index in [4.69, 9.17) is 9.72 Å². The third kappa shape index (κ3) is 4.32. The zero-order valence-electron chi connectivity index (χ0n) is 23.2. The highest BCUT2D eigenvalue weighted by atomic mass is 16.5. The Labute approximate surface area is 238 Å². The van der Waals surface area contributed by atoms with Gasteiger partial charge in [0.05, 0.1) is 18.1 Å². The standard InChI is InChI=1S/C36H28N4O/c1-23-18-28(19-24(2)34(23)36-38-22-37-35(39-36)26-12-8-5-9-13-26)40-32-16-14-27(25-10-6-4-7-11-25)20-30(32)31-21-29(41-3)15-17-33(31)40/h4-22H,1-3H3. The van der Waals surface area contributed by atoms with Crippen LogP contribution in [0.4, 0.5) is 0 Å². The number of methoxy groups -OCH3 is 1. The van der Waals surface area contributed by atoms with Crippen LogP contribution in [0.1, 0.15) is 11.1 Å². The zero-order valence-corrected chi connectivity index (χ0v) is 23.2. The molecule has 5 aromatic carbocycles. The summed E-state index contributed by atoms with van der Waals surface area (Å²) in [4.78, 5) is 13.8. The summed E-state index contributed by atoms with van der Waals surface area (Å²) < 4.78 is 7.96. The summed E-state index contributed by atoms with van der Waals surface area (Å²) >= 11 is 0. The van der Waals surface area contributed by atoms with Gasteiger partial charge in [-0.2, -0.15) is 0 Å². The first-order valence-electron chi connectivity index (χ1n) is 13.6. The van der Waals surface area contributed by atoms with Crippen LogP contribution >= 0.6 is 0 Å². The Kier molecular flexibility index (Phi) is 6.05. The lowest BCUT2D eigenvalue weighted by Gasteiger charge is -2.15. The average molecular weight is 533 g/mol. The van der Waals surface area contributed by atoms with Gasteiger partial charge in [-0.05, 0) is 78.6 Å². The molecule has 0 bridgehead atoms. The van der Waals surface area contributed by atoms with Crippen molar-refractivity contribution in [3.63, 3.8) is 0 Å². The van der Waals surface area contributed by atoms with E-state index >= 15 is 0 Å². The number of rotatable bonds is 5. The predicted octanol–water partition coefficient (Wildman–Crippen LogP) is 8.60. The van der Waals surface area contributed by atoms with Crippen LogP contribution in [0, 0.1) is 13.8 Å². The average Bonchev–Trinajstić information content (AvgIpc) is 3.34. The van der Waals surface area contributed by atoms with Crippen molar-refractivity contribution in [1.82, 2.24) is 19.5 Å². The van der Waals surface area contributed by atoms with E-state index < -0.39 is 0 Å². The summed E-state index contributed by atoms with van der Waals surface area (Å²) in [6, 6.07) is 38.0. The Balaban J connectivity index is 1.40. The quantitative estimate of drug-likeness (QED) is 0.223. The third-order valence-corrected chi connectivity index (χ3v) is 7.68. The number of hydrogen-bond donors (Lipinski definition) is 0. The minimum atomic E-state index is 0.670. The Morgan fingerprint density at radius 3 is 1.88 bits per heavy atom. The monoisotopic (exact) mass is 532 g/mol. The first-order valence-corrected chi connectivity index (χ1v) is 13.6. The minimum Gasteiger partial charge on any atom is -0.497 e. The lowest BCUT2D eigenvalue weighted by molar-refractivity contribution is 0.415. The molecule has 0 fully saturated rings. The SMILES string of the molecule is COc1ccc2c(c1)c1cc(-c3ccccc3)ccc1n2-c1cc(C)c(-c2ncnc(-c3ccccc3)n2)c(C)c1. The Bertz CT molecular complexity index is 2020. The second-order valence-corrected chi connectivity index (χ2v) is 10.3. The van der Waals surface area contributed by atoms with E-state index in [0.717, 1.165) is 50.1 Å². The van der Waals surface area contributed by atoms with Gasteiger partial charge in [0.25, 0.3) is 0 Å². The number of fused-ring (bicyclic) bond motifs is 3. The molecule has 0 saturated carbocycles. The van der Waals surface area contributed by atoms with Gasteiger partial charge in [-0.1, -0.05) is 66.7 Å². The second-order valence-electron chi connectivity index (χ2n) is 10.3. The van der Waals surface area contributed by atoms with Crippen LogP contribution in [-0.4, -0.2) is 26.6 Å². The van der Waals surface area contributed by atoms with Crippen molar-refractivity contribution < 1.29 is 4.74 Å². The number of aromatic nitrogens is 4. The van der Waals surface area contributed by atoms with Gasteiger partial charge in [-0.15, -0.1) is 0 Å². The molecule has 7 aromatic rings. The van der Waals surface area contributed by atoms with Crippen molar-refractivity contribution in [2.75, 3.05) is 7.11 Å². The molecular weight excluding hydrogens is 504 g/mol. The van der Waals surface area contributed by atoms with E-state index in [-0.39, 0.29) is 0 Å². The first-order chi connectivity index (χ1) is 20.1. The first kappa shape index (κ1) is 24.7. The molecule has 0 unspecified atom stereocenters. The molecule has 41 heavy (non-hydrogen) atoms. The molecule has 2 heterocycles. The molecule has 2 aromatic heterocycles. The molecule has 0 aliphatic rings. The van der Waals surface area contributed by atoms with E-state index in [2.05, 4.69) is 95.1 Å². The Hall–Kier alpha value is -5.29. The van der Waals surface area contributed by atoms with Gasteiger partial charge in [0.1, 0.15) is 12.1 Å². The number of ether oxygens (including phenoxy) is 1. The maximum Gasteiger partial charge on any atom is 0.163 e. The second kappa shape index (κ2) is 10.0. The van der Waals surface area contributed by atoms with Crippen molar-refractivity contribution in [2.45, 2.75) is 13.8 Å². The lowest BCUT2D eigenvalue weighted by Crippen LogP contribution is -2.01. The van der Waals surface area contributed by atoms with Crippen LogP contribution in [-0.2, 0) is 0 Å². The van der Waals surface area contributed by atoms with E-state index in [1.54, 1.807) is 13.4 Å². The molecule has 0 N–H and O–H groups in total. The molecule has 0 radical (unpaired) electrons. The highest BCUT2D eigenvalue weighted by Gasteiger charge is 2.18. The number of nitrogens with zero attached hydrogens (tertiary/aromatic N) is 4. The molecule has 0 amide bonds. The number of benzene rings is 5. The topological polar surface area (TPSA) is 52.8 Å². The maximum absolute atomic E-state index is 5.62. The molecule has 0 aliphatic heterocycles. The molecule has 5 nitrogen and oxygen atoms in total. The van der Waals surface area contributed by atoms with Crippen molar-refractivity contribution in [2.24, 2.45) is 0 Å². The largest absolute Gasteiger partial charge is 0.497 e. The maximum atomic E-state index is 5.62. The fraction of sp³-hybridized carbons (Fsp3) is 0.0833. The lowest BCUT2D eigenvalue weighted by atomic mass is 10.0. The highest BCUT2D eigenvalue weighted by Crippen LogP contribution is 2.38. The van der Waals surface area contributed by atoms with Crippen LogP contribution in [0.15, 0.2) is 116 Å². The van der Waals surface area contributed by atoms with Crippen LogP contribution in [0.3, 0.4) is 0 Å². The van der Waals surface area contributed by atoms with Gasteiger partial charge < -0.3 is 9.30 Å². The van der Waals surface area contributed by atoms with E-state index in [1.807, 2.05) is 42.5 Å². The van der Waals surface area contributed by atoms with Gasteiger partial charge >= 0.3 is 0 Å². The normalized spacial score (nSPS) is 11.3. The summed E-state index contributed by atoms with van der Waals surface area (Å²) in [7, 11) is 1.71. The van der Waals surface area contributed by atoms with Gasteiger partial charge in [-0.3, -0.25) is 0 Å². The van der Waals surface area contributed by atoms with E-state index in [1.165, 1.54) is 16.5 Å². The predicted molar refractivity (Wildman–Crippen MR) is 166 cm³/mol. The van der Waals surface area contributed by atoms with Crippen molar-refractivity contribution in [1.29, 1.82) is 0 Å². The molecule has 0 aliphatic carbocycles. The fourth-order valence-corrected chi connectivity index (χ4v) is 5.78. The van der Waals surface area contributed by atoms with Crippen molar-refractivity contribution in [3.8, 4) is 45.3 Å². The van der Waals surface area contributed by atoms with E-state index in [9.17, 15) is 0 Å². The summed E-state index contributed by atoms with van der Waals surface area (Å²) in [5.41, 5.74) is 9.96. The summed E-state index contributed by atoms with van der Waals surface area (Å²) in [5.74, 6) is 2.19. The molecule has 5 heteroatoms. The number of hydrogen-bond acceptors (Lipinski definition) is 4. The van der Waals surface area contributed by atoms with Crippen molar-refractivity contribution >= 4 is 21.8 Å². The summed E-state index contributed by atoms with van der Waals surface area (Å²) in [6.07, 6.45) is 1.60. The smallest absolute Gasteiger partial charge is 0.163 e. The van der Waals surface area contributed by atoms with Gasteiger partial charge in [-0.25, -0.2) is 15.0 Å². The van der Waals surface area contributed by atoms with Crippen LogP contribution in [0.2, 0.25) is 0 Å². The Morgan fingerprint density at radius 1 is 0.585 bits per heavy atom. The molecular formula is C36H28N4O. The summed E-state index contributed by atoms with van der Waals surface area (Å²) in [5, 5.41) is 2.34. The molecule has 0 atom stereocenters. The molecule has 198 valence electrons. The van der Waals surface area contributed by atoms with Crippen molar-refractivity contribution in [3.05, 3.63) is 127 Å². The third-order valence-electron chi connectivity index (χ3n) is 7.68. The molecule has 7 rings (SSSR count). The van der Waals surface area contributed by atoms with Gasteiger partial charge in [0.15, 0.2) is 11.6 Å². The van der Waals surface area contributed by atoms with Gasteiger partial charge in [0, 0.05) is 27.6 Å². The Morgan fingerprint density at radius 2 is 1.20 bits per heavy atom. The number of aryl methyl sites for hydroxylation is 2. The zero-order chi connectivity index (χ0) is 27.9. The highest BCUT2D eigenvalue weighted by molar-refractivity contribution is 6.11. The molecule has 0 saturated heterocycles. The van der Waals surface area contributed by atoms with Crippen LogP contribution in [0.5, 0.6) is 5.75 Å². The molecule has 0 spiro atoms. The summed E-state index contributed by atoms with van der Waals surface area (Å²) in [6.45, 7) is 4.25. The van der Waals surface area contributed by atoms with Crippen LogP contribution in [0.25, 0.3) is 61.4 Å². The minimum absolute atomic E-state index is 0.670.